The normalized spacial score (nSPS) is 13.2. The van der Waals surface area contributed by atoms with Gasteiger partial charge in [0.05, 0.1) is 6.61 Å². The maximum atomic E-state index is 11.6. The molecule has 0 aromatic carbocycles. The first-order chi connectivity index (χ1) is 15.6. The van der Waals surface area contributed by atoms with Gasteiger partial charge in [0.1, 0.15) is 0 Å². The van der Waals surface area contributed by atoms with Crippen LogP contribution in [0.1, 0.15) is 68.7 Å². The topological polar surface area (TPSA) is 54.0 Å². The van der Waals surface area contributed by atoms with Gasteiger partial charge in [-0.3, -0.25) is 0 Å². The third-order valence-electron chi connectivity index (χ3n) is 7.95. The Morgan fingerprint density at radius 1 is 0.636 bits per heavy atom. The highest BCUT2D eigenvalue weighted by molar-refractivity contribution is 6.92. The van der Waals surface area contributed by atoms with Crippen LogP contribution in [0.5, 0.6) is 0 Å². The van der Waals surface area contributed by atoms with Crippen molar-refractivity contribution in [3.63, 3.8) is 0 Å². The number of rotatable bonds is 20. The molecule has 9 heteroatoms. The van der Waals surface area contributed by atoms with E-state index in [0.717, 1.165) is 60.4 Å². The van der Waals surface area contributed by atoms with Crippen molar-refractivity contribution >= 4 is 39.7 Å². The fourth-order valence-electron chi connectivity index (χ4n) is 4.63. The fourth-order valence-corrected chi connectivity index (χ4v) is 25.7. The van der Waals surface area contributed by atoms with Crippen molar-refractivity contribution in [1.29, 1.82) is 0 Å². The average molecular weight is 535 g/mol. The molecule has 0 spiro atoms. The third-order valence-corrected chi connectivity index (χ3v) is 29.4. The molecule has 0 bridgehead atoms. The summed E-state index contributed by atoms with van der Waals surface area (Å²) in [6, 6.07) is 10.4. The van der Waals surface area contributed by atoms with Gasteiger partial charge in [0.15, 0.2) is 25.0 Å². The SMILES string of the molecule is C=CC(=O)OCCC[Si](O[Si](CC)(CC)CC)(O[Si](CC)(CC)CC)O[Si](CC)(CC)CC. The molecule has 0 aliphatic carbocycles. The summed E-state index contributed by atoms with van der Waals surface area (Å²) in [7, 11) is -8.96. The summed E-state index contributed by atoms with van der Waals surface area (Å²) in [4.78, 5) is 11.6. The Hall–Kier alpha value is -0.0425. The largest absolute Gasteiger partial charge is 0.469 e. The Kier molecular flexibility index (Phi) is 15.8. The van der Waals surface area contributed by atoms with Crippen molar-refractivity contribution in [2.24, 2.45) is 0 Å². The lowest BCUT2D eigenvalue weighted by atomic mass is 10.5. The highest BCUT2D eigenvalue weighted by atomic mass is 28.5. The second-order valence-electron chi connectivity index (χ2n) is 9.20. The lowest BCUT2D eigenvalue weighted by Crippen LogP contribution is -2.64. The number of carbonyl (C=O) groups is 1. The number of esters is 1. The summed E-state index contributed by atoms with van der Waals surface area (Å²) in [5.74, 6) is -0.372. The van der Waals surface area contributed by atoms with Crippen LogP contribution in [0.2, 0.25) is 60.4 Å². The van der Waals surface area contributed by atoms with Crippen molar-refractivity contribution in [3.05, 3.63) is 12.7 Å². The van der Waals surface area contributed by atoms with Crippen molar-refractivity contribution < 1.29 is 21.9 Å². The summed E-state index contributed by atoms with van der Waals surface area (Å²) in [6.45, 7) is 24.4. The van der Waals surface area contributed by atoms with E-state index in [-0.39, 0.29) is 5.97 Å². The molecular formula is C24H54O5Si4. The van der Waals surface area contributed by atoms with Crippen LogP contribution < -0.4 is 0 Å². The van der Waals surface area contributed by atoms with Crippen LogP contribution in [0.15, 0.2) is 12.7 Å². The Morgan fingerprint density at radius 2 is 0.939 bits per heavy atom. The molecule has 0 N–H and O–H groups in total. The molecule has 0 aromatic rings. The van der Waals surface area contributed by atoms with E-state index in [1.807, 2.05) is 0 Å². The van der Waals surface area contributed by atoms with E-state index in [0.29, 0.717) is 13.0 Å². The fraction of sp³-hybridized carbons (Fsp3) is 0.875. The van der Waals surface area contributed by atoms with E-state index in [4.69, 9.17) is 17.1 Å². The minimum absolute atomic E-state index is 0.354. The van der Waals surface area contributed by atoms with Gasteiger partial charge in [-0.1, -0.05) is 68.9 Å². The minimum Gasteiger partial charge on any atom is -0.463 e. The molecule has 0 radical (unpaired) electrons. The molecule has 0 heterocycles. The van der Waals surface area contributed by atoms with Crippen LogP contribution in [0.25, 0.3) is 0 Å². The maximum Gasteiger partial charge on any atom is 0.469 e. The summed E-state index contributed by atoms with van der Waals surface area (Å²) in [5.41, 5.74) is 0. The first-order valence-electron chi connectivity index (χ1n) is 13.5. The number of hydrogen-bond donors (Lipinski definition) is 0. The average Bonchev–Trinajstić information content (AvgIpc) is 2.87. The van der Waals surface area contributed by atoms with E-state index < -0.39 is 33.8 Å². The molecule has 33 heavy (non-hydrogen) atoms. The van der Waals surface area contributed by atoms with Crippen molar-refractivity contribution in [2.45, 2.75) is 129 Å². The molecular weight excluding hydrogens is 481 g/mol. The van der Waals surface area contributed by atoms with Gasteiger partial charge in [0.2, 0.25) is 0 Å². The second kappa shape index (κ2) is 15.9. The van der Waals surface area contributed by atoms with Gasteiger partial charge in [-0.2, -0.15) is 0 Å². The molecule has 0 aromatic heterocycles. The molecule has 0 aliphatic heterocycles. The summed E-state index contributed by atoms with van der Waals surface area (Å²) < 4.78 is 27.5. The van der Waals surface area contributed by atoms with E-state index >= 15 is 0 Å². The van der Waals surface area contributed by atoms with Gasteiger partial charge in [-0.25, -0.2) is 4.79 Å². The Balaban J connectivity index is 6.50. The molecule has 0 unspecified atom stereocenters. The summed E-state index contributed by atoms with van der Waals surface area (Å²) in [6.07, 6.45) is 1.93. The van der Waals surface area contributed by atoms with Crippen molar-refractivity contribution in [3.8, 4) is 0 Å². The van der Waals surface area contributed by atoms with E-state index in [2.05, 4.69) is 68.9 Å². The number of carbonyl (C=O) groups excluding carboxylic acids is 1. The second-order valence-corrected chi connectivity index (χ2v) is 27.0. The lowest BCUT2D eigenvalue weighted by molar-refractivity contribution is -0.137. The molecule has 0 aliphatic rings. The van der Waals surface area contributed by atoms with E-state index in [1.54, 1.807) is 0 Å². The monoisotopic (exact) mass is 534 g/mol. The minimum atomic E-state index is -3.00. The molecule has 0 atom stereocenters. The zero-order chi connectivity index (χ0) is 25.6. The standard InChI is InChI=1S/C24H54O5Si4/c1-11-24(25)26-22-21-23-33(27-30(12-2,13-3)14-4,28-31(15-5,16-6)17-7)29-32(18-8,19-9)20-10/h11H,1,12-23H2,2-10H3. The van der Waals surface area contributed by atoms with E-state index in [1.165, 1.54) is 6.08 Å². The molecule has 5 nitrogen and oxygen atoms in total. The van der Waals surface area contributed by atoms with Crippen LogP contribution in [0.4, 0.5) is 0 Å². The molecule has 0 rings (SSSR count). The zero-order valence-electron chi connectivity index (χ0n) is 23.3. The van der Waals surface area contributed by atoms with Crippen LogP contribution in [0.3, 0.4) is 0 Å². The highest BCUT2D eigenvalue weighted by Gasteiger charge is 2.54. The van der Waals surface area contributed by atoms with Crippen LogP contribution in [-0.2, 0) is 21.9 Å². The first-order valence-corrected chi connectivity index (χ1v) is 23.0. The first kappa shape index (κ1) is 33.0. The Bertz CT molecular complexity index is 481. The lowest BCUT2D eigenvalue weighted by Gasteiger charge is -2.48. The maximum absolute atomic E-state index is 11.6. The van der Waals surface area contributed by atoms with E-state index in [9.17, 15) is 4.79 Å². The quantitative estimate of drug-likeness (QED) is 0.0683. The van der Waals surface area contributed by atoms with Crippen LogP contribution >= 0.6 is 0 Å². The summed E-state index contributed by atoms with van der Waals surface area (Å²) in [5, 5.41) is 0. The third kappa shape index (κ3) is 9.50. The molecule has 0 amide bonds. The smallest absolute Gasteiger partial charge is 0.463 e. The Labute approximate surface area is 209 Å². The molecule has 0 fully saturated rings. The molecule has 0 saturated carbocycles. The highest BCUT2D eigenvalue weighted by Crippen LogP contribution is 2.39. The Morgan fingerprint density at radius 3 is 1.18 bits per heavy atom. The van der Waals surface area contributed by atoms with Crippen LogP contribution in [-0.4, -0.2) is 46.3 Å². The number of hydrogen-bond acceptors (Lipinski definition) is 5. The van der Waals surface area contributed by atoms with Crippen molar-refractivity contribution in [2.75, 3.05) is 6.61 Å². The van der Waals surface area contributed by atoms with Gasteiger partial charge in [-0.05, 0) is 60.8 Å². The van der Waals surface area contributed by atoms with Crippen molar-refractivity contribution in [1.82, 2.24) is 0 Å². The predicted octanol–water partition coefficient (Wildman–Crippen LogP) is 8.11. The predicted molar refractivity (Wildman–Crippen MR) is 151 cm³/mol. The van der Waals surface area contributed by atoms with Gasteiger partial charge in [0, 0.05) is 12.1 Å². The number of ether oxygens (including phenoxy) is 1. The van der Waals surface area contributed by atoms with Gasteiger partial charge in [0.25, 0.3) is 0 Å². The summed E-state index contributed by atoms with van der Waals surface area (Å²) >= 11 is 0. The van der Waals surface area contributed by atoms with Gasteiger partial charge in [-0.15, -0.1) is 0 Å². The van der Waals surface area contributed by atoms with Gasteiger partial charge < -0.3 is 17.1 Å². The van der Waals surface area contributed by atoms with Gasteiger partial charge >= 0.3 is 14.8 Å². The molecule has 196 valence electrons. The zero-order valence-corrected chi connectivity index (χ0v) is 27.3. The molecule has 0 saturated heterocycles. The van der Waals surface area contributed by atoms with Crippen LogP contribution in [0, 0.1) is 0 Å².